The van der Waals surface area contributed by atoms with Gasteiger partial charge in [-0.1, -0.05) is 12.1 Å². The van der Waals surface area contributed by atoms with E-state index in [9.17, 15) is 9.18 Å². The van der Waals surface area contributed by atoms with Crippen molar-refractivity contribution < 1.29 is 9.18 Å². The number of pyridine rings is 1. The van der Waals surface area contributed by atoms with Crippen molar-refractivity contribution in [2.75, 3.05) is 5.32 Å². The summed E-state index contributed by atoms with van der Waals surface area (Å²) in [5.41, 5.74) is 8.70. The zero-order valence-electron chi connectivity index (χ0n) is 16.1. The smallest absolute Gasteiger partial charge is 0.252 e. The topological polar surface area (TPSA) is 87.0 Å². The van der Waals surface area contributed by atoms with Crippen LogP contribution in [0.15, 0.2) is 42.7 Å². The number of hydrogen-bond acceptors (Lipinski definition) is 4. The highest BCUT2D eigenvalue weighted by Crippen LogP contribution is 2.39. The van der Waals surface area contributed by atoms with E-state index in [2.05, 4.69) is 20.2 Å². The van der Waals surface area contributed by atoms with Crippen molar-refractivity contribution in [3.8, 4) is 0 Å². The Morgan fingerprint density at radius 1 is 1.21 bits per heavy atom. The zero-order valence-corrected chi connectivity index (χ0v) is 16.1. The minimum absolute atomic E-state index is 0.196. The summed E-state index contributed by atoms with van der Waals surface area (Å²) in [6.07, 6.45) is 7.71. The molecule has 2 bridgehead atoms. The average Bonchev–Trinajstić information content (AvgIpc) is 3.26. The molecule has 0 radical (unpaired) electrons. The minimum atomic E-state index is -0.472. The molecule has 1 amide bonds. The predicted octanol–water partition coefficient (Wildman–Crippen LogP) is 3.41. The highest BCUT2D eigenvalue weighted by molar-refractivity contribution is 6.05. The van der Waals surface area contributed by atoms with Crippen LogP contribution in [0.1, 0.15) is 41.6 Å². The number of carbonyl (C=O) groups excluding carboxylic acids is 1. The lowest BCUT2D eigenvalue weighted by Crippen LogP contribution is -2.46. The molecule has 150 valence electrons. The largest absolute Gasteiger partial charge is 0.381 e. The van der Waals surface area contributed by atoms with Gasteiger partial charge in [-0.25, -0.2) is 9.37 Å². The fourth-order valence-corrected chi connectivity index (χ4v) is 5.01. The van der Waals surface area contributed by atoms with Gasteiger partial charge >= 0.3 is 0 Å². The number of benzene rings is 1. The van der Waals surface area contributed by atoms with Gasteiger partial charge in [0.1, 0.15) is 11.5 Å². The van der Waals surface area contributed by atoms with Crippen LogP contribution in [0, 0.1) is 5.82 Å². The van der Waals surface area contributed by atoms with Gasteiger partial charge < -0.3 is 16.0 Å². The van der Waals surface area contributed by atoms with Gasteiger partial charge in [0.2, 0.25) is 0 Å². The number of carbonyl (C=O) groups is 1. The Bertz CT molecular complexity index is 1030. The molecule has 3 aromatic rings. The van der Waals surface area contributed by atoms with Gasteiger partial charge in [0.15, 0.2) is 0 Å². The van der Waals surface area contributed by atoms with Crippen LogP contribution in [-0.4, -0.2) is 38.9 Å². The van der Waals surface area contributed by atoms with E-state index in [4.69, 9.17) is 5.73 Å². The van der Waals surface area contributed by atoms with E-state index in [1.807, 2.05) is 24.4 Å². The first-order valence-corrected chi connectivity index (χ1v) is 10.1. The molecule has 2 saturated heterocycles. The molecule has 29 heavy (non-hydrogen) atoms. The first-order valence-electron chi connectivity index (χ1n) is 10.1. The number of hydrogen-bond donors (Lipinski definition) is 3. The fraction of sp³-hybridized carbons (Fsp3) is 0.364. The molecule has 2 aliphatic rings. The second-order valence-corrected chi connectivity index (χ2v) is 8.15. The third kappa shape index (κ3) is 3.35. The van der Waals surface area contributed by atoms with Gasteiger partial charge in [-0.3, -0.25) is 9.69 Å². The SMILES string of the molecule is NC(=O)c1cnc2[nH]ccc2c1NC1C[C@H]2CC[C@@H](C1)N2Cc1ccc(F)cc1. The molecule has 1 unspecified atom stereocenters. The van der Waals surface area contributed by atoms with Crippen LogP contribution >= 0.6 is 0 Å². The molecule has 0 saturated carbocycles. The second-order valence-electron chi connectivity index (χ2n) is 8.15. The van der Waals surface area contributed by atoms with E-state index in [1.54, 1.807) is 6.20 Å². The predicted molar refractivity (Wildman–Crippen MR) is 110 cm³/mol. The molecule has 2 aromatic heterocycles. The van der Waals surface area contributed by atoms with Gasteiger partial charge in [0, 0.05) is 42.5 Å². The molecule has 0 spiro atoms. The monoisotopic (exact) mass is 393 g/mol. The molecule has 5 rings (SSSR count). The first-order chi connectivity index (χ1) is 14.1. The molecular weight excluding hydrogens is 369 g/mol. The number of nitrogens with two attached hydrogens (primary N) is 1. The lowest BCUT2D eigenvalue weighted by molar-refractivity contribution is 0.100. The number of aromatic amines is 1. The minimum Gasteiger partial charge on any atom is -0.381 e. The summed E-state index contributed by atoms with van der Waals surface area (Å²) in [6.45, 7) is 0.853. The number of halogens is 1. The van der Waals surface area contributed by atoms with Crippen molar-refractivity contribution in [2.45, 2.75) is 50.4 Å². The molecular formula is C22H24FN5O. The molecule has 4 N–H and O–H groups in total. The summed E-state index contributed by atoms with van der Waals surface area (Å²) in [5, 5.41) is 4.51. The van der Waals surface area contributed by atoms with Gasteiger partial charge in [-0.2, -0.15) is 0 Å². The van der Waals surface area contributed by atoms with E-state index in [0.29, 0.717) is 17.6 Å². The van der Waals surface area contributed by atoms with Crippen LogP contribution in [0.5, 0.6) is 0 Å². The number of H-pyrrole nitrogens is 1. The lowest BCUT2D eigenvalue weighted by Gasteiger charge is -2.39. The van der Waals surface area contributed by atoms with E-state index in [0.717, 1.165) is 41.7 Å². The number of anilines is 1. The Morgan fingerprint density at radius 3 is 2.62 bits per heavy atom. The second kappa shape index (κ2) is 7.15. The van der Waals surface area contributed by atoms with E-state index in [-0.39, 0.29) is 11.9 Å². The van der Waals surface area contributed by atoms with Gasteiger partial charge in [-0.05, 0) is 49.4 Å². The third-order valence-corrected chi connectivity index (χ3v) is 6.36. The Morgan fingerprint density at radius 2 is 1.93 bits per heavy atom. The number of fused-ring (bicyclic) bond motifs is 3. The zero-order chi connectivity index (χ0) is 20.0. The number of primary amides is 1. The summed E-state index contributed by atoms with van der Waals surface area (Å²) < 4.78 is 13.2. The number of aromatic nitrogens is 2. The number of nitrogens with one attached hydrogen (secondary N) is 2. The maximum atomic E-state index is 13.2. The average molecular weight is 393 g/mol. The van der Waals surface area contributed by atoms with Crippen molar-refractivity contribution in [1.82, 2.24) is 14.9 Å². The molecule has 2 aliphatic heterocycles. The summed E-state index contributed by atoms with van der Waals surface area (Å²) in [4.78, 5) is 21.9. The Labute approximate surface area is 168 Å². The van der Waals surface area contributed by atoms with Gasteiger partial charge in [0.25, 0.3) is 5.91 Å². The highest BCUT2D eigenvalue weighted by atomic mass is 19.1. The standard InChI is InChI=1S/C22H24FN5O/c23-14-3-1-13(2-4-14)12-28-16-5-6-17(28)10-15(9-16)27-20-18-7-8-25-22(18)26-11-19(20)21(24)29/h1-4,7-8,11,15-17H,5-6,9-10,12H2,(H2,24,29)(H2,25,26,27)/t15?,16-,17+. The quantitative estimate of drug-likeness (QED) is 0.620. The van der Waals surface area contributed by atoms with Crippen LogP contribution in [0.25, 0.3) is 11.0 Å². The van der Waals surface area contributed by atoms with Crippen LogP contribution in [0.2, 0.25) is 0 Å². The Balaban J connectivity index is 1.35. The molecule has 1 aromatic carbocycles. The van der Waals surface area contributed by atoms with Crippen molar-refractivity contribution in [3.05, 3.63) is 59.7 Å². The summed E-state index contributed by atoms with van der Waals surface area (Å²) in [6, 6.07) is 9.97. The summed E-state index contributed by atoms with van der Waals surface area (Å²) in [5.74, 6) is -0.668. The molecule has 3 atom stereocenters. The van der Waals surface area contributed by atoms with Crippen molar-refractivity contribution in [3.63, 3.8) is 0 Å². The summed E-state index contributed by atoms with van der Waals surface area (Å²) in [7, 11) is 0. The van der Waals surface area contributed by atoms with E-state index < -0.39 is 5.91 Å². The van der Waals surface area contributed by atoms with Crippen molar-refractivity contribution >= 4 is 22.6 Å². The van der Waals surface area contributed by atoms with Crippen molar-refractivity contribution in [1.29, 1.82) is 0 Å². The van der Waals surface area contributed by atoms with E-state index >= 15 is 0 Å². The maximum Gasteiger partial charge on any atom is 0.252 e. The maximum absolute atomic E-state index is 13.2. The number of piperidine rings is 1. The number of rotatable bonds is 5. The fourth-order valence-electron chi connectivity index (χ4n) is 5.01. The molecule has 0 aliphatic carbocycles. The first kappa shape index (κ1) is 18.1. The van der Waals surface area contributed by atoms with Gasteiger partial charge in [0.05, 0.1) is 11.3 Å². The molecule has 2 fully saturated rings. The van der Waals surface area contributed by atoms with Crippen LogP contribution in [-0.2, 0) is 6.54 Å². The van der Waals surface area contributed by atoms with Crippen LogP contribution in [0.3, 0.4) is 0 Å². The van der Waals surface area contributed by atoms with Gasteiger partial charge in [-0.15, -0.1) is 0 Å². The molecule has 4 heterocycles. The Kier molecular flexibility index (Phi) is 4.47. The van der Waals surface area contributed by atoms with Crippen LogP contribution < -0.4 is 11.1 Å². The molecule has 6 nitrogen and oxygen atoms in total. The number of amides is 1. The highest BCUT2D eigenvalue weighted by Gasteiger charge is 2.40. The van der Waals surface area contributed by atoms with Crippen LogP contribution in [0.4, 0.5) is 10.1 Å². The third-order valence-electron chi connectivity index (χ3n) is 6.36. The number of nitrogens with zero attached hydrogens (tertiary/aromatic N) is 2. The lowest BCUT2D eigenvalue weighted by atomic mass is 9.95. The Hall–Kier alpha value is -2.93. The van der Waals surface area contributed by atoms with E-state index in [1.165, 1.54) is 25.0 Å². The normalized spacial score (nSPS) is 24.1. The van der Waals surface area contributed by atoms with Crippen molar-refractivity contribution in [2.24, 2.45) is 5.73 Å². The molecule has 7 heteroatoms. The summed E-state index contributed by atoms with van der Waals surface area (Å²) >= 11 is 0.